The highest BCUT2D eigenvalue weighted by Crippen LogP contribution is 2.18. The number of nitrogens with one attached hydrogen (secondary N) is 2. The number of carbonyl (C=O) groups excluding carboxylic acids is 1. The van der Waals surface area contributed by atoms with Crippen LogP contribution in [0.1, 0.15) is 18.4 Å². The minimum absolute atomic E-state index is 0.0535. The molecule has 5 heteroatoms. The highest BCUT2D eigenvalue weighted by Gasteiger charge is 2.15. The van der Waals surface area contributed by atoms with E-state index in [4.69, 9.17) is 0 Å². The van der Waals surface area contributed by atoms with Crippen molar-refractivity contribution in [3.8, 4) is 0 Å². The predicted octanol–water partition coefficient (Wildman–Crippen LogP) is 2.74. The molecule has 1 amide bonds. The lowest BCUT2D eigenvalue weighted by Gasteiger charge is -2.12. The van der Waals surface area contributed by atoms with E-state index in [2.05, 4.69) is 17.4 Å². The first kappa shape index (κ1) is 17.0. The molecule has 1 aliphatic rings. The zero-order chi connectivity index (χ0) is 16.8. The molecule has 0 spiro atoms. The van der Waals surface area contributed by atoms with Crippen molar-refractivity contribution in [1.82, 2.24) is 0 Å². The number of benzene rings is 2. The summed E-state index contributed by atoms with van der Waals surface area (Å²) in [7, 11) is 0. The van der Waals surface area contributed by atoms with Gasteiger partial charge >= 0.3 is 0 Å². The minimum Gasteiger partial charge on any atom is -0.331 e. The summed E-state index contributed by atoms with van der Waals surface area (Å²) in [4.78, 5) is 14.5. The van der Waals surface area contributed by atoms with E-state index in [1.165, 1.54) is 55.4 Å². The van der Waals surface area contributed by atoms with Gasteiger partial charge in [0.15, 0.2) is 0 Å². The Morgan fingerprint density at radius 1 is 1.04 bits per heavy atom. The maximum Gasteiger partial charge on any atom is 0.234 e. The predicted molar refractivity (Wildman–Crippen MR) is 95.8 cm³/mol. The lowest BCUT2D eigenvalue weighted by molar-refractivity contribution is -0.901. The molecule has 126 valence electrons. The van der Waals surface area contributed by atoms with Crippen molar-refractivity contribution >= 4 is 23.4 Å². The molecule has 0 radical (unpaired) electrons. The van der Waals surface area contributed by atoms with Crippen LogP contribution in [0.2, 0.25) is 0 Å². The third-order valence-electron chi connectivity index (χ3n) is 4.19. The van der Waals surface area contributed by atoms with E-state index in [0.717, 1.165) is 17.1 Å². The molecule has 3 rings (SSSR count). The molecule has 1 aliphatic heterocycles. The number of likely N-dealkylation sites (tertiary alicyclic amines) is 1. The molecule has 1 saturated heterocycles. The molecule has 0 bridgehead atoms. The monoisotopic (exact) mass is 345 g/mol. The van der Waals surface area contributed by atoms with E-state index in [9.17, 15) is 9.18 Å². The van der Waals surface area contributed by atoms with Crippen LogP contribution in [-0.4, -0.2) is 24.7 Å². The standard InChI is InChI=1S/C19H21FN2OS/c20-16-5-9-18(10-6-16)24-14-19(23)21-17-7-3-15(4-8-17)13-22-11-1-2-12-22/h3-10H,1-2,11-14H2,(H,21,23)/p+1. The van der Waals surface area contributed by atoms with Crippen molar-refractivity contribution in [2.24, 2.45) is 0 Å². The van der Waals surface area contributed by atoms with Crippen LogP contribution in [0.5, 0.6) is 0 Å². The van der Waals surface area contributed by atoms with Crippen molar-refractivity contribution < 1.29 is 14.1 Å². The first-order valence-electron chi connectivity index (χ1n) is 8.30. The van der Waals surface area contributed by atoms with Gasteiger partial charge in [-0.3, -0.25) is 4.79 Å². The molecule has 2 N–H and O–H groups in total. The number of halogens is 1. The summed E-state index contributed by atoms with van der Waals surface area (Å²) in [5, 5.41) is 2.90. The highest BCUT2D eigenvalue weighted by atomic mass is 32.2. The Morgan fingerprint density at radius 2 is 1.71 bits per heavy atom. The molecule has 2 aromatic carbocycles. The molecule has 0 unspecified atom stereocenters. The maximum absolute atomic E-state index is 12.8. The van der Waals surface area contributed by atoms with Crippen molar-refractivity contribution in [1.29, 1.82) is 0 Å². The van der Waals surface area contributed by atoms with Gasteiger partial charge in [0.2, 0.25) is 5.91 Å². The van der Waals surface area contributed by atoms with Gasteiger partial charge in [0.05, 0.1) is 18.8 Å². The van der Waals surface area contributed by atoms with Gasteiger partial charge in [0.1, 0.15) is 12.4 Å². The molecule has 0 aliphatic carbocycles. The Kier molecular flexibility index (Phi) is 5.88. The van der Waals surface area contributed by atoms with E-state index >= 15 is 0 Å². The van der Waals surface area contributed by atoms with E-state index < -0.39 is 0 Å². The quantitative estimate of drug-likeness (QED) is 0.790. The molecule has 1 fully saturated rings. The van der Waals surface area contributed by atoms with Gasteiger partial charge in [-0.25, -0.2) is 4.39 Å². The van der Waals surface area contributed by atoms with Crippen LogP contribution in [0.4, 0.5) is 10.1 Å². The lowest BCUT2D eigenvalue weighted by atomic mass is 10.2. The third-order valence-corrected chi connectivity index (χ3v) is 5.20. The number of anilines is 1. The first-order chi connectivity index (χ1) is 11.7. The van der Waals surface area contributed by atoms with E-state index in [0.29, 0.717) is 5.75 Å². The van der Waals surface area contributed by atoms with Gasteiger partial charge in [-0.2, -0.15) is 0 Å². The van der Waals surface area contributed by atoms with E-state index in [-0.39, 0.29) is 11.7 Å². The molecule has 0 aromatic heterocycles. The SMILES string of the molecule is O=C(CSc1ccc(F)cc1)Nc1ccc(C[NH+]2CCCC2)cc1. The summed E-state index contributed by atoms with van der Waals surface area (Å²) in [6.45, 7) is 3.59. The molecular weight excluding hydrogens is 323 g/mol. The number of quaternary nitrogens is 1. The summed E-state index contributed by atoms with van der Waals surface area (Å²) in [6, 6.07) is 14.3. The fraction of sp³-hybridized carbons (Fsp3) is 0.316. The number of rotatable bonds is 6. The Labute approximate surface area is 146 Å². The lowest BCUT2D eigenvalue weighted by Crippen LogP contribution is -3.08. The largest absolute Gasteiger partial charge is 0.331 e. The minimum atomic E-state index is -0.264. The molecule has 2 aromatic rings. The summed E-state index contributed by atoms with van der Waals surface area (Å²) in [5.74, 6) is -0.00686. The van der Waals surface area contributed by atoms with E-state index in [1.54, 1.807) is 17.0 Å². The zero-order valence-corrected chi connectivity index (χ0v) is 14.4. The van der Waals surface area contributed by atoms with Gasteiger partial charge < -0.3 is 10.2 Å². The summed E-state index contributed by atoms with van der Waals surface area (Å²) in [6.07, 6.45) is 2.66. The molecule has 0 saturated carbocycles. The molecule has 0 atom stereocenters. The van der Waals surface area contributed by atoms with Gasteiger partial charge in [-0.15, -0.1) is 11.8 Å². The second-order valence-corrected chi connectivity index (χ2v) is 7.17. The van der Waals surface area contributed by atoms with Gasteiger partial charge in [-0.05, 0) is 36.4 Å². The van der Waals surface area contributed by atoms with Crippen molar-refractivity contribution in [2.75, 3.05) is 24.2 Å². The summed E-state index contributed by atoms with van der Waals surface area (Å²) in [5.41, 5.74) is 2.13. The first-order valence-corrected chi connectivity index (χ1v) is 9.28. The number of hydrogen-bond acceptors (Lipinski definition) is 2. The maximum atomic E-state index is 12.8. The van der Waals surface area contributed by atoms with Gasteiger partial charge in [-0.1, -0.05) is 12.1 Å². The van der Waals surface area contributed by atoms with Crippen molar-refractivity contribution in [3.63, 3.8) is 0 Å². The number of amides is 1. The third kappa shape index (κ3) is 5.08. The highest BCUT2D eigenvalue weighted by molar-refractivity contribution is 8.00. The normalized spacial score (nSPS) is 14.7. The van der Waals surface area contributed by atoms with Crippen molar-refractivity contribution in [2.45, 2.75) is 24.3 Å². The molecule has 24 heavy (non-hydrogen) atoms. The average Bonchev–Trinajstić information content (AvgIpc) is 3.09. The van der Waals surface area contributed by atoms with Crippen LogP contribution in [0, 0.1) is 5.82 Å². The summed E-state index contributed by atoms with van der Waals surface area (Å²) < 4.78 is 12.8. The topological polar surface area (TPSA) is 33.5 Å². The van der Waals surface area contributed by atoms with Crippen LogP contribution < -0.4 is 10.2 Å². The van der Waals surface area contributed by atoms with Crippen LogP contribution in [0.3, 0.4) is 0 Å². The summed E-state index contributed by atoms with van der Waals surface area (Å²) >= 11 is 1.40. The molecule has 1 heterocycles. The van der Waals surface area contributed by atoms with Crippen LogP contribution in [-0.2, 0) is 11.3 Å². The number of carbonyl (C=O) groups is 1. The zero-order valence-electron chi connectivity index (χ0n) is 13.6. The Balaban J connectivity index is 1.46. The second kappa shape index (κ2) is 8.31. The van der Waals surface area contributed by atoms with Crippen molar-refractivity contribution in [3.05, 3.63) is 59.9 Å². The van der Waals surface area contributed by atoms with E-state index in [1.807, 2.05) is 12.1 Å². The molecular formula is C19H22FN2OS+. The van der Waals surface area contributed by atoms with Crippen LogP contribution in [0.25, 0.3) is 0 Å². The van der Waals surface area contributed by atoms with Crippen LogP contribution in [0.15, 0.2) is 53.4 Å². The molecule has 3 nitrogen and oxygen atoms in total. The number of thioether (sulfide) groups is 1. The van der Waals surface area contributed by atoms with Gasteiger partial charge in [0, 0.05) is 29.0 Å². The Morgan fingerprint density at radius 3 is 2.38 bits per heavy atom. The van der Waals surface area contributed by atoms with Gasteiger partial charge in [0.25, 0.3) is 0 Å². The fourth-order valence-corrected chi connectivity index (χ4v) is 3.62. The fourth-order valence-electron chi connectivity index (χ4n) is 2.92. The second-order valence-electron chi connectivity index (χ2n) is 6.12. The number of hydrogen-bond donors (Lipinski definition) is 2. The van der Waals surface area contributed by atoms with Crippen LogP contribution >= 0.6 is 11.8 Å². The Hall–Kier alpha value is -1.85. The Bertz CT molecular complexity index is 667. The average molecular weight is 345 g/mol. The smallest absolute Gasteiger partial charge is 0.234 e.